The van der Waals surface area contributed by atoms with E-state index < -0.39 is 29.3 Å². The standard InChI is InChI=1S/C27H23Cl2F5N2O/c1-15-3-8-23(30)18(9-15)26(37)36-13-19(17-5-7-21(28)22(29)11-17)25(14-36)35(2)12-16-4-6-20(24(31)10-16)27(32,33)34/h3-11,19,25H,12-14H2,1-2H3/t19-,25-/m1/s1. The Labute approximate surface area is 221 Å². The van der Waals surface area contributed by atoms with Crippen molar-refractivity contribution < 1.29 is 26.7 Å². The van der Waals surface area contributed by atoms with Crippen LogP contribution in [0.2, 0.25) is 10.0 Å². The molecule has 0 aromatic heterocycles. The Morgan fingerprint density at radius 2 is 1.70 bits per heavy atom. The maximum absolute atomic E-state index is 14.5. The first-order valence-corrected chi connectivity index (χ1v) is 12.2. The van der Waals surface area contributed by atoms with Gasteiger partial charge < -0.3 is 4.90 Å². The summed E-state index contributed by atoms with van der Waals surface area (Å²) in [5, 5.41) is 0.697. The summed E-state index contributed by atoms with van der Waals surface area (Å²) in [6.07, 6.45) is -4.79. The Morgan fingerprint density at radius 3 is 2.35 bits per heavy atom. The number of likely N-dealkylation sites (tertiary alicyclic amines) is 1. The Morgan fingerprint density at radius 1 is 0.973 bits per heavy atom. The molecular formula is C27H23Cl2F5N2O. The van der Waals surface area contributed by atoms with Crippen LogP contribution in [-0.4, -0.2) is 41.9 Å². The lowest BCUT2D eigenvalue weighted by atomic mass is 9.93. The predicted octanol–water partition coefficient (Wildman–Crippen LogP) is 7.34. The van der Waals surface area contributed by atoms with Gasteiger partial charge in [0.25, 0.3) is 5.91 Å². The van der Waals surface area contributed by atoms with E-state index in [1.807, 2.05) is 4.90 Å². The highest BCUT2D eigenvalue weighted by Gasteiger charge is 2.40. The Balaban J connectivity index is 1.63. The molecule has 1 fully saturated rings. The van der Waals surface area contributed by atoms with Gasteiger partial charge in [-0.2, -0.15) is 13.2 Å². The number of alkyl halides is 3. The summed E-state index contributed by atoms with van der Waals surface area (Å²) in [7, 11) is 1.74. The number of hydrogen-bond donors (Lipinski definition) is 0. The van der Waals surface area contributed by atoms with E-state index >= 15 is 0 Å². The van der Waals surface area contributed by atoms with E-state index in [2.05, 4.69) is 0 Å². The Hall–Kier alpha value is -2.68. The van der Waals surface area contributed by atoms with Gasteiger partial charge in [-0.25, -0.2) is 8.78 Å². The van der Waals surface area contributed by atoms with Crippen LogP contribution >= 0.6 is 23.2 Å². The lowest BCUT2D eigenvalue weighted by Crippen LogP contribution is -2.38. The number of carbonyl (C=O) groups excluding carboxylic acids is 1. The number of amides is 1. The van der Waals surface area contributed by atoms with E-state index in [4.69, 9.17) is 23.2 Å². The van der Waals surface area contributed by atoms with E-state index in [9.17, 15) is 26.7 Å². The summed E-state index contributed by atoms with van der Waals surface area (Å²) in [6.45, 7) is 2.36. The highest BCUT2D eigenvalue weighted by Crippen LogP contribution is 2.36. The summed E-state index contributed by atoms with van der Waals surface area (Å²) >= 11 is 12.3. The van der Waals surface area contributed by atoms with Gasteiger partial charge in [0, 0.05) is 31.6 Å². The number of rotatable bonds is 5. The van der Waals surface area contributed by atoms with Crippen molar-refractivity contribution in [2.75, 3.05) is 20.1 Å². The van der Waals surface area contributed by atoms with Gasteiger partial charge in [-0.1, -0.05) is 47.0 Å². The quantitative estimate of drug-likeness (QED) is 0.307. The molecule has 1 amide bonds. The van der Waals surface area contributed by atoms with Crippen LogP contribution in [0.25, 0.3) is 0 Å². The molecule has 37 heavy (non-hydrogen) atoms. The second-order valence-electron chi connectivity index (χ2n) is 9.27. The second kappa shape index (κ2) is 10.6. The third-order valence-electron chi connectivity index (χ3n) is 6.64. The van der Waals surface area contributed by atoms with Gasteiger partial charge >= 0.3 is 6.18 Å². The van der Waals surface area contributed by atoms with Gasteiger partial charge in [-0.3, -0.25) is 9.69 Å². The van der Waals surface area contributed by atoms with Crippen molar-refractivity contribution in [3.05, 3.63) is 104 Å². The monoisotopic (exact) mass is 556 g/mol. The van der Waals surface area contributed by atoms with Crippen LogP contribution in [-0.2, 0) is 12.7 Å². The van der Waals surface area contributed by atoms with E-state index in [1.165, 1.54) is 18.2 Å². The Bertz CT molecular complexity index is 1330. The number of hydrogen-bond acceptors (Lipinski definition) is 2. The highest BCUT2D eigenvalue weighted by atomic mass is 35.5. The molecule has 196 valence electrons. The summed E-state index contributed by atoms with van der Waals surface area (Å²) < 4.78 is 67.5. The number of benzene rings is 3. The van der Waals surface area contributed by atoms with Crippen molar-refractivity contribution in [2.24, 2.45) is 0 Å². The van der Waals surface area contributed by atoms with E-state index in [0.29, 0.717) is 15.6 Å². The molecule has 0 bridgehead atoms. The molecule has 1 aliphatic heterocycles. The average molecular weight is 557 g/mol. The first-order valence-electron chi connectivity index (χ1n) is 11.4. The van der Waals surface area contributed by atoms with Gasteiger partial charge in [0.2, 0.25) is 0 Å². The second-order valence-corrected chi connectivity index (χ2v) is 10.1. The molecule has 3 aromatic rings. The van der Waals surface area contributed by atoms with Crippen molar-refractivity contribution in [1.29, 1.82) is 0 Å². The van der Waals surface area contributed by atoms with Crippen LogP contribution in [0.5, 0.6) is 0 Å². The Kier molecular flexibility index (Phi) is 7.83. The largest absolute Gasteiger partial charge is 0.419 e. The lowest BCUT2D eigenvalue weighted by molar-refractivity contribution is -0.140. The smallest absolute Gasteiger partial charge is 0.336 e. The van der Waals surface area contributed by atoms with E-state index in [-0.39, 0.29) is 37.2 Å². The fourth-order valence-electron chi connectivity index (χ4n) is 4.74. The third kappa shape index (κ3) is 5.92. The summed E-state index contributed by atoms with van der Waals surface area (Å²) in [5.41, 5.74) is 0.509. The van der Waals surface area contributed by atoms with Crippen LogP contribution in [0.3, 0.4) is 0 Å². The number of aryl methyl sites for hydroxylation is 1. The van der Waals surface area contributed by atoms with Gasteiger partial charge in [-0.05, 0) is 61.5 Å². The van der Waals surface area contributed by atoms with Crippen molar-refractivity contribution in [2.45, 2.75) is 31.6 Å². The van der Waals surface area contributed by atoms with Gasteiger partial charge in [0.15, 0.2) is 0 Å². The van der Waals surface area contributed by atoms with E-state index in [0.717, 1.165) is 23.3 Å². The minimum Gasteiger partial charge on any atom is -0.336 e. The first kappa shape index (κ1) is 27.4. The van der Waals surface area contributed by atoms with Gasteiger partial charge in [0.05, 0.1) is 21.2 Å². The molecule has 1 heterocycles. The number of likely N-dealkylation sites (N-methyl/N-ethyl adjacent to an activating group) is 1. The molecule has 3 aromatic carbocycles. The number of halogens is 7. The normalized spacial score (nSPS) is 18.1. The maximum Gasteiger partial charge on any atom is 0.419 e. The van der Waals surface area contributed by atoms with Crippen LogP contribution in [0.1, 0.15) is 38.5 Å². The molecule has 2 atom stereocenters. The van der Waals surface area contributed by atoms with Crippen LogP contribution in [0, 0.1) is 18.6 Å². The maximum atomic E-state index is 14.5. The number of nitrogens with zero attached hydrogens (tertiary/aromatic N) is 2. The lowest BCUT2D eigenvalue weighted by Gasteiger charge is -2.29. The zero-order valence-electron chi connectivity index (χ0n) is 19.9. The van der Waals surface area contributed by atoms with Crippen LogP contribution in [0.4, 0.5) is 22.0 Å². The molecule has 0 unspecified atom stereocenters. The fraction of sp³-hybridized carbons (Fsp3) is 0.296. The highest BCUT2D eigenvalue weighted by molar-refractivity contribution is 6.42. The zero-order chi connectivity index (χ0) is 27.1. The molecule has 3 nitrogen and oxygen atoms in total. The third-order valence-corrected chi connectivity index (χ3v) is 7.38. The molecule has 0 N–H and O–H groups in total. The molecule has 0 radical (unpaired) electrons. The molecule has 0 spiro atoms. The molecule has 10 heteroatoms. The summed E-state index contributed by atoms with van der Waals surface area (Å²) in [6, 6.07) is 12.0. The minimum absolute atomic E-state index is 0.0407. The predicted molar refractivity (Wildman–Crippen MR) is 133 cm³/mol. The fourth-order valence-corrected chi connectivity index (χ4v) is 5.04. The van der Waals surface area contributed by atoms with Crippen molar-refractivity contribution in [3.63, 3.8) is 0 Å². The molecule has 1 saturated heterocycles. The molecule has 0 aliphatic carbocycles. The first-order chi connectivity index (χ1) is 17.3. The molecule has 1 aliphatic rings. The van der Waals surface area contributed by atoms with Crippen LogP contribution in [0.15, 0.2) is 54.6 Å². The molecule has 0 saturated carbocycles. The van der Waals surface area contributed by atoms with Crippen LogP contribution < -0.4 is 0 Å². The average Bonchev–Trinajstić information content (AvgIpc) is 3.27. The zero-order valence-corrected chi connectivity index (χ0v) is 21.4. The molecule has 4 rings (SSSR count). The summed E-state index contributed by atoms with van der Waals surface area (Å²) in [5.74, 6) is -2.71. The molecular weight excluding hydrogens is 534 g/mol. The number of carbonyl (C=O) groups is 1. The topological polar surface area (TPSA) is 23.6 Å². The van der Waals surface area contributed by atoms with Crippen molar-refractivity contribution >= 4 is 29.1 Å². The summed E-state index contributed by atoms with van der Waals surface area (Å²) in [4.78, 5) is 16.7. The van der Waals surface area contributed by atoms with Gasteiger partial charge in [-0.15, -0.1) is 0 Å². The minimum atomic E-state index is -4.79. The van der Waals surface area contributed by atoms with E-state index in [1.54, 1.807) is 43.1 Å². The SMILES string of the molecule is Cc1ccc(F)c(C(=O)N2C[C@H](c3ccc(Cl)c(Cl)c3)[C@H](N(C)Cc3ccc(C(F)(F)F)c(F)c3)C2)c1. The van der Waals surface area contributed by atoms with Crippen molar-refractivity contribution in [1.82, 2.24) is 9.80 Å². The van der Waals surface area contributed by atoms with Gasteiger partial charge in [0.1, 0.15) is 11.6 Å². The van der Waals surface area contributed by atoms with Crippen molar-refractivity contribution in [3.8, 4) is 0 Å².